The lowest BCUT2D eigenvalue weighted by Crippen LogP contribution is -1.90. The summed E-state index contributed by atoms with van der Waals surface area (Å²) in [6, 6.07) is 8.83. The number of rotatable bonds is 3. The number of aliphatic hydroxyl groups excluding tert-OH is 1. The van der Waals surface area contributed by atoms with Crippen LogP contribution in [0.4, 0.5) is 0 Å². The first-order valence-electron chi connectivity index (χ1n) is 4.88. The highest BCUT2D eigenvalue weighted by molar-refractivity contribution is 9.10. The van der Waals surface area contributed by atoms with E-state index in [9.17, 15) is 0 Å². The van der Waals surface area contributed by atoms with Crippen molar-refractivity contribution in [1.82, 2.24) is 4.98 Å². The molecule has 17 heavy (non-hydrogen) atoms. The van der Waals surface area contributed by atoms with Crippen molar-refractivity contribution in [3.63, 3.8) is 0 Å². The van der Waals surface area contributed by atoms with Crippen LogP contribution in [0.1, 0.15) is 5.56 Å². The van der Waals surface area contributed by atoms with E-state index in [0.717, 1.165) is 10.0 Å². The highest BCUT2D eigenvalue weighted by Gasteiger charge is 2.05. The number of nitrogens with zero attached hydrogens (tertiary/aromatic N) is 1. The fourth-order valence-electron chi connectivity index (χ4n) is 1.30. The molecule has 0 aliphatic rings. The first kappa shape index (κ1) is 12.4. The number of pyridine rings is 1. The molecule has 88 valence electrons. The molecule has 1 aromatic carbocycles. The average molecular weight is 315 g/mol. The molecule has 0 amide bonds. The Kier molecular flexibility index (Phi) is 3.99. The van der Waals surface area contributed by atoms with Crippen molar-refractivity contribution in [3.05, 3.63) is 51.6 Å². The van der Waals surface area contributed by atoms with Crippen LogP contribution in [0.25, 0.3) is 0 Å². The van der Waals surface area contributed by atoms with Gasteiger partial charge in [-0.1, -0.05) is 23.7 Å². The van der Waals surface area contributed by atoms with Gasteiger partial charge in [0.15, 0.2) is 0 Å². The van der Waals surface area contributed by atoms with Crippen molar-refractivity contribution in [3.8, 4) is 11.6 Å². The Bertz CT molecular complexity index is 534. The fourth-order valence-corrected chi connectivity index (χ4v) is 1.96. The summed E-state index contributed by atoms with van der Waals surface area (Å²) < 4.78 is 6.32. The molecule has 3 nitrogen and oxygen atoms in total. The molecule has 0 spiro atoms. The standard InChI is InChI=1S/C12H9BrClNO2/c13-9-5-11(14)12(15-6-9)17-10-3-1-2-8(4-10)7-16/h1-6,16H,7H2. The highest BCUT2D eigenvalue weighted by atomic mass is 79.9. The number of aromatic nitrogens is 1. The minimum absolute atomic E-state index is 0.0291. The van der Waals surface area contributed by atoms with Crippen LogP contribution in [-0.4, -0.2) is 10.1 Å². The quantitative estimate of drug-likeness (QED) is 0.937. The third-order valence-corrected chi connectivity index (χ3v) is 2.77. The van der Waals surface area contributed by atoms with Crippen LogP contribution in [0.15, 0.2) is 41.0 Å². The van der Waals surface area contributed by atoms with E-state index in [1.807, 2.05) is 6.07 Å². The topological polar surface area (TPSA) is 42.4 Å². The molecule has 0 fully saturated rings. The van der Waals surface area contributed by atoms with Gasteiger partial charge in [-0.15, -0.1) is 0 Å². The van der Waals surface area contributed by atoms with Gasteiger partial charge in [-0.25, -0.2) is 4.98 Å². The predicted molar refractivity (Wildman–Crippen MR) is 69.4 cm³/mol. The van der Waals surface area contributed by atoms with Gasteiger partial charge in [-0.3, -0.25) is 0 Å². The van der Waals surface area contributed by atoms with Crippen LogP contribution in [0.3, 0.4) is 0 Å². The lowest BCUT2D eigenvalue weighted by molar-refractivity contribution is 0.281. The molecule has 0 bridgehead atoms. The number of aliphatic hydroxyl groups is 1. The van der Waals surface area contributed by atoms with Gasteiger partial charge < -0.3 is 9.84 Å². The Morgan fingerprint density at radius 3 is 2.88 bits per heavy atom. The van der Waals surface area contributed by atoms with Gasteiger partial charge in [0.25, 0.3) is 0 Å². The van der Waals surface area contributed by atoms with Gasteiger partial charge in [0.1, 0.15) is 10.8 Å². The van der Waals surface area contributed by atoms with E-state index in [-0.39, 0.29) is 6.61 Å². The fraction of sp³-hybridized carbons (Fsp3) is 0.0833. The largest absolute Gasteiger partial charge is 0.438 e. The smallest absolute Gasteiger partial charge is 0.238 e. The number of ether oxygens (including phenoxy) is 1. The molecule has 1 heterocycles. The SMILES string of the molecule is OCc1cccc(Oc2ncc(Br)cc2Cl)c1. The van der Waals surface area contributed by atoms with E-state index in [2.05, 4.69) is 20.9 Å². The van der Waals surface area contributed by atoms with Gasteiger partial charge in [-0.05, 0) is 39.7 Å². The molecule has 1 N–H and O–H groups in total. The highest BCUT2D eigenvalue weighted by Crippen LogP contribution is 2.29. The van der Waals surface area contributed by atoms with Crippen LogP contribution in [0.2, 0.25) is 5.02 Å². The zero-order valence-electron chi connectivity index (χ0n) is 8.73. The summed E-state index contributed by atoms with van der Waals surface area (Å²) in [5, 5.41) is 9.44. The van der Waals surface area contributed by atoms with Crippen molar-refractivity contribution in [2.24, 2.45) is 0 Å². The lowest BCUT2D eigenvalue weighted by Gasteiger charge is -2.07. The van der Waals surface area contributed by atoms with Crippen LogP contribution >= 0.6 is 27.5 Å². The van der Waals surface area contributed by atoms with Gasteiger partial charge >= 0.3 is 0 Å². The summed E-state index contributed by atoms with van der Waals surface area (Å²) in [5.41, 5.74) is 0.774. The normalized spacial score (nSPS) is 10.3. The Morgan fingerprint density at radius 2 is 2.18 bits per heavy atom. The Balaban J connectivity index is 2.25. The molecule has 0 saturated heterocycles. The van der Waals surface area contributed by atoms with Crippen LogP contribution < -0.4 is 4.74 Å². The molecular formula is C12H9BrClNO2. The Morgan fingerprint density at radius 1 is 1.35 bits per heavy atom. The summed E-state index contributed by atoms with van der Waals surface area (Å²) in [5.74, 6) is 0.929. The number of hydrogen-bond donors (Lipinski definition) is 1. The van der Waals surface area contributed by atoms with Gasteiger partial charge in [-0.2, -0.15) is 0 Å². The van der Waals surface area contributed by atoms with E-state index in [1.54, 1.807) is 30.5 Å². The van der Waals surface area contributed by atoms with Gasteiger partial charge in [0.2, 0.25) is 5.88 Å². The molecule has 2 rings (SSSR count). The number of benzene rings is 1. The summed E-state index contributed by atoms with van der Waals surface area (Å²) >= 11 is 9.26. The first-order chi connectivity index (χ1) is 8.19. The summed E-state index contributed by atoms with van der Waals surface area (Å²) in [6.07, 6.45) is 1.61. The molecule has 1 aromatic heterocycles. The van der Waals surface area contributed by atoms with Crippen LogP contribution in [0, 0.1) is 0 Å². The summed E-state index contributed by atoms with van der Waals surface area (Å²) in [4.78, 5) is 4.07. The Hall–Kier alpha value is -1.10. The molecule has 0 saturated carbocycles. The Labute approximate surface area is 112 Å². The van der Waals surface area contributed by atoms with E-state index < -0.39 is 0 Å². The molecular weight excluding hydrogens is 305 g/mol. The third kappa shape index (κ3) is 3.19. The maximum absolute atomic E-state index is 9.02. The number of hydrogen-bond acceptors (Lipinski definition) is 3. The summed E-state index contributed by atoms with van der Waals surface area (Å²) in [6.45, 7) is -0.0291. The molecule has 0 atom stereocenters. The second kappa shape index (κ2) is 5.49. The lowest BCUT2D eigenvalue weighted by atomic mass is 10.2. The maximum Gasteiger partial charge on any atom is 0.238 e. The van der Waals surface area contributed by atoms with Gasteiger partial charge in [0, 0.05) is 10.7 Å². The average Bonchev–Trinajstić information content (AvgIpc) is 2.33. The van der Waals surface area contributed by atoms with Crippen LogP contribution in [-0.2, 0) is 6.61 Å². The van der Waals surface area contributed by atoms with Gasteiger partial charge in [0.05, 0.1) is 6.61 Å². The zero-order valence-corrected chi connectivity index (χ0v) is 11.1. The molecule has 0 radical (unpaired) electrons. The van der Waals surface area contributed by atoms with Crippen molar-refractivity contribution < 1.29 is 9.84 Å². The molecule has 5 heteroatoms. The maximum atomic E-state index is 9.02. The van der Waals surface area contributed by atoms with Crippen molar-refractivity contribution in [1.29, 1.82) is 0 Å². The first-order valence-corrected chi connectivity index (χ1v) is 6.05. The third-order valence-electron chi connectivity index (χ3n) is 2.07. The monoisotopic (exact) mass is 313 g/mol. The molecule has 0 aliphatic heterocycles. The number of halogens is 2. The minimum atomic E-state index is -0.0291. The predicted octanol–water partition coefficient (Wildman–Crippen LogP) is 3.78. The zero-order chi connectivity index (χ0) is 12.3. The molecule has 2 aromatic rings. The second-order valence-electron chi connectivity index (χ2n) is 3.35. The van der Waals surface area contributed by atoms with Crippen molar-refractivity contribution in [2.45, 2.75) is 6.61 Å². The van der Waals surface area contributed by atoms with E-state index >= 15 is 0 Å². The molecule has 0 aliphatic carbocycles. The minimum Gasteiger partial charge on any atom is -0.438 e. The van der Waals surface area contributed by atoms with E-state index in [4.69, 9.17) is 21.4 Å². The van der Waals surface area contributed by atoms with E-state index in [0.29, 0.717) is 16.7 Å². The second-order valence-corrected chi connectivity index (χ2v) is 4.67. The molecule has 0 unspecified atom stereocenters. The van der Waals surface area contributed by atoms with Crippen molar-refractivity contribution in [2.75, 3.05) is 0 Å². The van der Waals surface area contributed by atoms with E-state index in [1.165, 1.54) is 0 Å². The van der Waals surface area contributed by atoms with Crippen LogP contribution in [0.5, 0.6) is 11.6 Å². The summed E-state index contributed by atoms with van der Waals surface area (Å²) in [7, 11) is 0. The van der Waals surface area contributed by atoms with Crippen molar-refractivity contribution >= 4 is 27.5 Å².